The zero-order valence-electron chi connectivity index (χ0n) is 12.4. The van der Waals surface area contributed by atoms with E-state index in [4.69, 9.17) is 9.63 Å². The SMILES string of the molecule is Cc1noc(C)c1C(C)C(=O)N1CCN(CCO)CC1. The van der Waals surface area contributed by atoms with E-state index in [1.807, 2.05) is 25.7 Å². The van der Waals surface area contributed by atoms with Crippen LogP contribution in [-0.4, -0.2) is 65.3 Å². The van der Waals surface area contributed by atoms with Gasteiger partial charge in [0.1, 0.15) is 5.76 Å². The summed E-state index contributed by atoms with van der Waals surface area (Å²) in [6.07, 6.45) is 0. The van der Waals surface area contributed by atoms with Crippen LogP contribution in [0.1, 0.15) is 29.9 Å². The number of aromatic nitrogens is 1. The summed E-state index contributed by atoms with van der Waals surface area (Å²) in [4.78, 5) is 16.6. The summed E-state index contributed by atoms with van der Waals surface area (Å²) in [6, 6.07) is 0. The van der Waals surface area contributed by atoms with Crippen LogP contribution in [0.2, 0.25) is 0 Å². The molecule has 6 heteroatoms. The first-order valence-corrected chi connectivity index (χ1v) is 7.09. The van der Waals surface area contributed by atoms with E-state index in [2.05, 4.69) is 10.1 Å². The molecule has 1 unspecified atom stereocenters. The second kappa shape index (κ2) is 6.37. The third-order valence-corrected chi connectivity index (χ3v) is 3.99. The number of aryl methyl sites for hydroxylation is 2. The van der Waals surface area contributed by atoms with Gasteiger partial charge in [-0.25, -0.2) is 0 Å². The molecule has 2 rings (SSSR count). The summed E-state index contributed by atoms with van der Waals surface area (Å²) in [5, 5.41) is 12.8. The molecule has 0 aromatic carbocycles. The fraction of sp³-hybridized carbons (Fsp3) is 0.714. The van der Waals surface area contributed by atoms with Crippen LogP contribution >= 0.6 is 0 Å². The number of amides is 1. The van der Waals surface area contributed by atoms with Gasteiger partial charge in [-0.2, -0.15) is 0 Å². The Kier molecular flexibility index (Phi) is 4.77. The number of aliphatic hydroxyl groups excluding tert-OH is 1. The number of nitrogens with zero attached hydrogens (tertiary/aromatic N) is 3. The van der Waals surface area contributed by atoms with Crippen LogP contribution in [-0.2, 0) is 4.79 Å². The molecular formula is C14H23N3O3. The second-order valence-electron chi connectivity index (χ2n) is 5.35. The molecule has 1 aromatic rings. The highest BCUT2D eigenvalue weighted by Gasteiger charge is 2.29. The number of hydrogen-bond donors (Lipinski definition) is 1. The lowest BCUT2D eigenvalue weighted by Crippen LogP contribution is -2.50. The summed E-state index contributed by atoms with van der Waals surface area (Å²) in [5.41, 5.74) is 1.70. The van der Waals surface area contributed by atoms with Gasteiger partial charge in [0.25, 0.3) is 0 Å². The van der Waals surface area contributed by atoms with Gasteiger partial charge < -0.3 is 14.5 Å². The molecule has 1 fully saturated rings. The van der Waals surface area contributed by atoms with Crippen LogP contribution < -0.4 is 0 Å². The van der Waals surface area contributed by atoms with E-state index in [-0.39, 0.29) is 18.4 Å². The van der Waals surface area contributed by atoms with Crippen molar-refractivity contribution in [1.29, 1.82) is 0 Å². The molecule has 2 heterocycles. The molecule has 0 saturated carbocycles. The highest BCUT2D eigenvalue weighted by atomic mass is 16.5. The van der Waals surface area contributed by atoms with Crippen molar-refractivity contribution in [2.45, 2.75) is 26.7 Å². The van der Waals surface area contributed by atoms with Crippen molar-refractivity contribution in [2.24, 2.45) is 0 Å². The molecule has 0 aliphatic carbocycles. The molecule has 1 saturated heterocycles. The predicted octanol–water partition coefficient (Wildman–Crippen LogP) is 0.531. The van der Waals surface area contributed by atoms with Gasteiger partial charge in [-0.15, -0.1) is 0 Å². The average molecular weight is 281 g/mol. The van der Waals surface area contributed by atoms with Crippen LogP contribution in [0.25, 0.3) is 0 Å². The third-order valence-electron chi connectivity index (χ3n) is 3.99. The summed E-state index contributed by atoms with van der Waals surface area (Å²) in [7, 11) is 0. The van der Waals surface area contributed by atoms with Crippen molar-refractivity contribution in [1.82, 2.24) is 15.0 Å². The summed E-state index contributed by atoms with van der Waals surface area (Å²) < 4.78 is 5.15. The Morgan fingerprint density at radius 3 is 2.50 bits per heavy atom. The van der Waals surface area contributed by atoms with Crippen molar-refractivity contribution in [2.75, 3.05) is 39.3 Å². The van der Waals surface area contributed by atoms with E-state index < -0.39 is 0 Å². The minimum absolute atomic E-state index is 0.128. The van der Waals surface area contributed by atoms with E-state index in [1.165, 1.54) is 0 Å². The van der Waals surface area contributed by atoms with Gasteiger partial charge in [-0.05, 0) is 20.8 Å². The molecule has 112 valence electrons. The number of carbonyl (C=O) groups is 1. The van der Waals surface area contributed by atoms with Crippen LogP contribution in [0.15, 0.2) is 4.52 Å². The Balaban J connectivity index is 1.99. The van der Waals surface area contributed by atoms with Gasteiger partial charge in [0, 0.05) is 38.3 Å². The number of piperazine rings is 1. The smallest absolute Gasteiger partial charge is 0.230 e. The standard InChI is InChI=1S/C14H23N3O3/c1-10(13-11(2)15-20-12(13)3)14(19)17-6-4-16(5-7-17)8-9-18/h10,18H,4-9H2,1-3H3. The molecule has 1 aliphatic rings. The van der Waals surface area contributed by atoms with Crippen LogP contribution in [0.3, 0.4) is 0 Å². The first-order chi connectivity index (χ1) is 9.54. The van der Waals surface area contributed by atoms with Crippen LogP contribution in [0.5, 0.6) is 0 Å². The van der Waals surface area contributed by atoms with Crippen LogP contribution in [0.4, 0.5) is 0 Å². The maximum atomic E-state index is 12.6. The number of rotatable bonds is 4. The Hall–Kier alpha value is -1.40. The highest BCUT2D eigenvalue weighted by molar-refractivity contribution is 5.84. The zero-order valence-corrected chi connectivity index (χ0v) is 12.4. The minimum Gasteiger partial charge on any atom is -0.395 e. The minimum atomic E-state index is -0.217. The Labute approximate surface area is 119 Å². The number of aliphatic hydroxyl groups is 1. The van der Waals surface area contributed by atoms with Gasteiger partial charge in [0.15, 0.2) is 0 Å². The molecule has 1 atom stereocenters. The first-order valence-electron chi connectivity index (χ1n) is 7.09. The number of hydrogen-bond acceptors (Lipinski definition) is 5. The molecule has 6 nitrogen and oxygen atoms in total. The lowest BCUT2D eigenvalue weighted by Gasteiger charge is -2.35. The Morgan fingerprint density at radius 1 is 1.35 bits per heavy atom. The summed E-state index contributed by atoms with van der Waals surface area (Å²) in [5.74, 6) is 0.635. The van der Waals surface area contributed by atoms with E-state index in [0.29, 0.717) is 19.6 Å². The molecule has 1 aliphatic heterocycles. The quantitative estimate of drug-likeness (QED) is 0.872. The molecule has 1 amide bonds. The van der Waals surface area contributed by atoms with Crippen molar-refractivity contribution >= 4 is 5.91 Å². The van der Waals surface area contributed by atoms with Crippen molar-refractivity contribution in [3.05, 3.63) is 17.0 Å². The second-order valence-corrected chi connectivity index (χ2v) is 5.35. The molecule has 1 aromatic heterocycles. The molecular weight excluding hydrogens is 258 g/mol. The Morgan fingerprint density at radius 2 is 2.00 bits per heavy atom. The fourth-order valence-electron chi connectivity index (χ4n) is 2.84. The summed E-state index contributed by atoms with van der Waals surface area (Å²) >= 11 is 0. The van der Waals surface area contributed by atoms with Crippen molar-refractivity contribution < 1.29 is 14.4 Å². The maximum Gasteiger partial charge on any atom is 0.230 e. The third kappa shape index (κ3) is 3.02. The molecule has 0 spiro atoms. The van der Waals surface area contributed by atoms with E-state index in [9.17, 15) is 4.79 Å². The topological polar surface area (TPSA) is 69.8 Å². The predicted molar refractivity (Wildman–Crippen MR) is 74.5 cm³/mol. The number of carbonyl (C=O) groups excluding carboxylic acids is 1. The monoisotopic (exact) mass is 281 g/mol. The van der Waals surface area contributed by atoms with Gasteiger partial charge in [-0.3, -0.25) is 9.69 Å². The largest absolute Gasteiger partial charge is 0.395 e. The van der Waals surface area contributed by atoms with Gasteiger partial charge >= 0.3 is 0 Å². The van der Waals surface area contributed by atoms with Gasteiger partial charge in [0.05, 0.1) is 18.2 Å². The lowest BCUT2D eigenvalue weighted by atomic mass is 9.97. The fourth-order valence-corrected chi connectivity index (χ4v) is 2.84. The van der Waals surface area contributed by atoms with Crippen LogP contribution in [0, 0.1) is 13.8 Å². The lowest BCUT2D eigenvalue weighted by molar-refractivity contribution is -0.134. The molecule has 0 bridgehead atoms. The summed E-state index contributed by atoms with van der Waals surface area (Å²) in [6.45, 7) is 9.55. The maximum absolute atomic E-state index is 12.6. The average Bonchev–Trinajstić information content (AvgIpc) is 2.78. The zero-order chi connectivity index (χ0) is 14.7. The van der Waals surface area contributed by atoms with Crippen molar-refractivity contribution in [3.8, 4) is 0 Å². The van der Waals surface area contributed by atoms with E-state index in [1.54, 1.807) is 0 Å². The molecule has 1 N–H and O–H groups in total. The van der Waals surface area contributed by atoms with E-state index >= 15 is 0 Å². The molecule has 0 radical (unpaired) electrons. The number of β-amino-alcohol motifs (C(OH)–C–C–N with tert-alkyl or cyclic N) is 1. The van der Waals surface area contributed by atoms with Gasteiger partial charge in [0.2, 0.25) is 5.91 Å². The first kappa shape index (κ1) is 15.0. The highest BCUT2D eigenvalue weighted by Crippen LogP contribution is 2.25. The Bertz CT molecular complexity index is 445. The molecule has 20 heavy (non-hydrogen) atoms. The van der Waals surface area contributed by atoms with Crippen molar-refractivity contribution in [3.63, 3.8) is 0 Å². The van der Waals surface area contributed by atoms with Gasteiger partial charge in [-0.1, -0.05) is 5.16 Å². The normalized spacial score (nSPS) is 18.3. The van der Waals surface area contributed by atoms with E-state index in [0.717, 1.165) is 30.1 Å².